The minimum Gasteiger partial charge on any atom is -0.326 e. The molecule has 1 aliphatic heterocycles. The van der Waals surface area contributed by atoms with Crippen molar-refractivity contribution >= 4 is 29.3 Å². The summed E-state index contributed by atoms with van der Waals surface area (Å²) in [7, 11) is 1.63. The van der Waals surface area contributed by atoms with E-state index in [-0.39, 0.29) is 5.91 Å². The molecule has 5 nitrogen and oxygen atoms in total. The van der Waals surface area contributed by atoms with E-state index < -0.39 is 0 Å². The van der Waals surface area contributed by atoms with Gasteiger partial charge in [-0.15, -0.1) is 0 Å². The van der Waals surface area contributed by atoms with Crippen LogP contribution in [0.4, 0.5) is 0 Å². The van der Waals surface area contributed by atoms with Crippen LogP contribution in [-0.2, 0) is 4.79 Å². The molecule has 1 amide bonds. The van der Waals surface area contributed by atoms with Crippen LogP contribution in [0.25, 0.3) is 6.08 Å². The van der Waals surface area contributed by atoms with Gasteiger partial charge in [-0.05, 0) is 30.4 Å². The summed E-state index contributed by atoms with van der Waals surface area (Å²) in [6.45, 7) is 0. The van der Waals surface area contributed by atoms with Gasteiger partial charge in [-0.2, -0.15) is 0 Å². The first kappa shape index (κ1) is 10.7. The van der Waals surface area contributed by atoms with E-state index in [1.165, 1.54) is 5.01 Å². The van der Waals surface area contributed by atoms with Gasteiger partial charge in [0.2, 0.25) is 0 Å². The highest BCUT2D eigenvalue weighted by molar-refractivity contribution is 7.80. The number of amides is 1. The standard InChI is InChI=1S/C10H10N4OS/c1-11-14-9(15)8(13-10(14)16)6-7-4-2-3-5-12-7/h2-6,11H,1H3,(H,13,16)/b8-6-. The maximum Gasteiger partial charge on any atom is 0.291 e. The number of pyridine rings is 1. The smallest absolute Gasteiger partial charge is 0.291 e. The minimum absolute atomic E-state index is 0.210. The Kier molecular flexibility index (Phi) is 2.93. The zero-order valence-corrected chi connectivity index (χ0v) is 9.41. The topological polar surface area (TPSA) is 57.3 Å². The third-order valence-corrected chi connectivity index (χ3v) is 2.37. The Labute approximate surface area is 98.1 Å². The van der Waals surface area contributed by atoms with Crippen LogP contribution in [0, 0.1) is 0 Å². The number of hydrogen-bond acceptors (Lipinski definition) is 4. The van der Waals surface area contributed by atoms with Crippen LogP contribution in [-0.4, -0.2) is 28.1 Å². The molecule has 0 unspecified atom stereocenters. The molecule has 0 aliphatic carbocycles. The molecular formula is C10H10N4OS. The summed E-state index contributed by atoms with van der Waals surface area (Å²) >= 11 is 4.98. The molecule has 0 saturated carbocycles. The Balaban J connectivity index is 2.27. The van der Waals surface area contributed by atoms with Crippen LogP contribution in [0.3, 0.4) is 0 Å². The number of hydrogen-bond donors (Lipinski definition) is 2. The molecule has 1 aliphatic rings. The zero-order chi connectivity index (χ0) is 11.5. The predicted octanol–water partition coefficient (Wildman–Crippen LogP) is 0.274. The summed E-state index contributed by atoms with van der Waals surface area (Å²) in [5.74, 6) is -0.210. The average Bonchev–Trinajstić information content (AvgIpc) is 2.55. The van der Waals surface area contributed by atoms with Crippen molar-refractivity contribution in [1.29, 1.82) is 0 Å². The van der Waals surface area contributed by atoms with Crippen LogP contribution >= 0.6 is 12.2 Å². The van der Waals surface area contributed by atoms with Gasteiger partial charge in [0.1, 0.15) is 5.70 Å². The second-order valence-corrected chi connectivity index (χ2v) is 3.49. The summed E-state index contributed by atoms with van der Waals surface area (Å²) in [6.07, 6.45) is 3.33. The van der Waals surface area contributed by atoms with Crippen molar-refractivity contribution in [3.05, 3.63) is 35.8 Å². The highest BCUT2D eigenvalue weighted by atomic mass is 32.1. The molecule has 2 heterocycles. The molecule has 1 aromatic heterocycles. The average molecular weight is 234 g/mol. The van der Waals surface area contributed by atoms with Crippen molar-refractivity contribution in [2.45, 2.75) is 0 Å². The van der Waals surface area contributed by atoms with Crippen molar-refractivity contribution in [3.8, 4) is 0 Å². The number of rotatable bonds is 2. The van der Waals surface area contributed by atoms with Crippen LogP contribution in [0.2, 0.25) is 0 Å². The Morgan fingerprint density at radius 2 is 2.38 bits per heavy atom. The van der Waals surface area contributed by atoms with Crippen LogP contribution in [0.5, 0.6) is 0 Å². The second-order valence-electron chi connectivity index (χ2n) is 3.11. The number of nitrogens with zero attached hydrogens (tertiary/aromatic N) is 2. The molecule has 1 saturated heterocycles. The lowest BCUT2D eigenvalue weighted by Gasteiger charge is -2.09. The van der Waals surface area contributed by atoms with Gasteiger partial charge in [0, 0.05) is 13.2 Å². The van der Waals surface area contributed by atoms with Crippen molar-refractivity contribution < 1.29 is 4.79 Å². The first-order chi connectivity index (χ1) is 7.72. The van der Waals surface area contributed by atoms with E-state index in [0.29, 0.717) is 16.5 Å². The van der Waals surface area contributed by atoms with E-state index >= 15 is 0 Å². The van der Waals surface area contributed by atoms with E-state index in [2.05, 4.69) is 15.7 Å². The Morgan fingerprint density at radius 1 is 1.56 bits per heavy atom. The summed E-state index contributed by atoms with van der Waals surface area (Å²) in [6, 6.07) is 5.48. The van der Waals surface area contributed by atoms with Gasteiger partial charge in [0.25, 0.3) is 5.91 Å². The molecule has 2 N–H and O–H groups in total. The quantitative estimate of drug-likeness (QED) is 0.568. The van der Waals surface area contributed by atoms with Crippen LogP contribution in [0.1, 0.15) is 5.69 Å². The summed E-state index contributed by atoms with van der Waals surface area (Å²) in [5.41, 5.74) is 3.82. The molecule has 0 radical (unpaired) electrons. The minimum atomic E-state index is -0.210. The Hall–Kier alpha value is -1.79. The van der Waals surface area contributed by atoms with Crippen molar-refractivity contribution in [3.63, 3.8) is 0 Å². The second kappa shape index (κ2) is 4.38. The molecule has 16 heavy (non-hydrogen) atoms. The molecule has 0 atom stereocenters. The molecule has 82 valence electrons. The number of thiocarbonyl (C=S) groups is 1. The van der Waals surface area contributed by atoms with Crippen molar-refractivity contribution in [2.24, 2.45) is 0 Å². The molecule has 0 bridgehead atoms. The van der Waals surface area contributed by atoms with E-state index in [1.807, 2.05) is 18.2 Å². The van der Waals surface area contributed by atoms with Gasteiger partial charge in [0.05, 0.1) is 5.69 Å². The summed E-state index contributed by atoms with van der Waals surface area (Å²) in [5, 5.41) is 4.43. The number of aromatic nitrogens is 1. The van der Waals surface area contributed by atoms with Gasteiger partial charge in [-0.3, -0.25) is 9.78 Å². The van der Waals surface area contributed by atoms with Gasteiger partial charge < -0.3 is 5.32 Å². The first-order valence-corrected chi connectivity index (χ1v) is 5.09. The Morgan fingerprint density at radius 3 is 2.94 bits per heavy atom. The molecule has 0 aromatic carbocycles. The van der Waals surface area contributed by atoms with Gasteiger partial charge >= 0.3 is 0 Å². The van der Waals surface area contributed by atoms with E-state index in [4.69, 9.17) is 12.2 Å². The number of carbonyl (C=O) groups excluding carboxylic acids is 1. The lowest BCUT2D eigenvalue weighted by Crippen LogP contribution is -2.40. The zero-order valence-electron chi connectivity index (χ0n) is 8.60. The number of nitrogens with one attached hydrogen (secondary N) is 2. The maximum atomic E-state index is 11.8. The maximum absolute atomic E-state index is 11.8. The third-order valence-electron chi connectivity index (χ3n) is 2.08. The highest BCUT2D eigenvalue weighted by Crippen LogP contribution is 2.10. The number of carbonyl (C=O) groups is 1. The van der Waals surface area contributed by atoms with E-state index in [1.54, 1.807) is 19.3 Å². The molecule has 2 rings (SSSR count). The first-order valence-electron chi connectivity index (χ1n) is 4.68. The van der Waals surface area contributed by atoms with Gasteiger partial charge in [-0.1, -0.05) is 6.07 Å². The van der Waals surface area contributed by atoms with Gasteiger partial charge in [0.15, 0.2) is 5.11 Å². The molecule has 0 spiro atoms. The lowest BCUT2D eigenvalue weighted by molar-refractivity contribution is -0.124. The monoisotopic (exact) mass is 234 g/mol. The molecular weight excluding hydrogens is 224 g/mol. The fraction of sp³-hybridized carbons (Fsp3) is 0.100. The number of hydrazine groups is 1. The van der Waals surface area contributed by atoms with Crippen LogP contribution in [0.15, 0.2) is 30.1 Å². The summed E-state index contributed by atoms with van der Waals surface area (Å²) < 4.78 is 0. The van der Waals surface area contributed by atoms with Crippen LogP contribution < -0.4 is 10.7 Å². The third kappa shape index (κ3) is 1.93. The molecule has 1 aromatic rings. The Bertz CT molecular complexity index is 457. The highest BCUT2D eigenvalue weighted by Gasteiger charge is 2.29. The van der Waals surface area contributed by atoms with Crippen molar-refractivity contribution in [2.75, 3.05) is 7.05 Å². The fourth-order valence-electron chi connectivity index (χ4n) is 1.35. The van der Waals surface area contributed by atoms with E-state index in [0.717, 1.165) is 0 Å². The van der Waals surface area contributed by atoms with E-state index in [9.17, 15) is 4.79 Å². The SMILES string of the molecule is CNN1C(=O)/C(=C/c2ccccn2)NC1=S. The lowest BCUT2D eigenvalue weighted by atomic mass is 10.3. The van der Waals surface area contributed by atoms with Gasteiger partial charge in [-0.25, -0.2) is 10.4 Å². The summed E-state index contributed by atoms with van der Waals surface area (Å²) in [4.78, 5) is 15.9. The predicted molar refractivity (Wildman–Crippen MR) is 63.9 cm³/mol. The normalized spacial score (nSPS) is 18.1. The fourth-order valence-corrected chi connectivity index (χ4v) is 1.63. The molecule has 6 heteroatoms. The molecule has 1 fully saturated rings. The van der Waals surface area contributed by atoms with Crippen molar-refractivity contribution in [1.82, 2.24) is 20.7 Å². The largest absolute Gasteiger partial charge is 0.326 e.